The molecule has 3 rings (SSSR count). The second kappa shape index (κ2) is 10.8. The van der Waals surface area contributed by atoms with Crippen LogP contribution in [-0.4, -0.2) is 57.6 Å². The van der Waals surface area contributed by atoms with E-state index in [9.17, 15) is 9.59 Å². The maximum Gasteiger partial charge on any atom is 0.337 e. The van der Waals surface area contributed by atoms with Gasteiger partial charge in [-0.2, -0.15) is 5.10 Å². The van der Waals surface area contributed by atoms with Gasteiger partial charge in [0.25, 0.3) is 5.91 Å². The number of hydrogen-bond donors (Lipinski definition) is 2. The number of methoxy groups -OCH3 is 1. The first-order chi connectivity index (χ1) is 15.1. The summed E-state index contributed by atoms with van der Waals surface area (Å²) >= 11 is 1.57. The fourth-order valence-electron chi connectivity index (χ4n) is 2.92. The molecule has 2 aromatic heterocycles. The Hall–Kier alpha value is -3.14. The van der Waals surface area contributed by atoms with Crippen molar-refractivity contribution in [3.8, 4) is 0 Å². The molecule has 10 heteroatoms. The predicted octanol–water partition coefficient (Wildman–Crippen LogP) is 2.98. The number of nitrogens with one attached hydrogen (secondary N) is 2. The summed E-state index contributed by atoms with van der Waals surface area (Å²) < 4.78 is 6.44. The molecule has 0 saturated heterocycles. The second-order valence-corrected chi connectivity index (χ2v) is 7.88. The third kappa shape index (κ3) is 5.52. The highest BCUT2D eigenvalue weighted by atomic mass is 32.2. The van der Waals surface area contributed by atoms with Gasteiger partial charge in [-0.15, -0.1) is 0 Å². The molecule has 0 radical (unpaired) electrons. The van der Waals surface area contributed by atoms with Gasteiger partial charge in [0.1, 0.15) is 5.82 Å². The number of benzene rings is 1. The van der Waals surface area contributed by atoms with Crippen LogP contribution in [0.5, 0.6) is 0 Å². The smallest absolute Gasteiger partial charge is 0.337 e. The van der Waals surface area contributed by atoms with E-state index in [4.69, 9.17) is 0 Å². The molecular formula is C21H26N6O3S. The van der Waals surface area contributed by atoms with Crippen LogP contribution in [0.15, 0.2) is 35.6 Å². The lowest BCUT2D eigenvalue weighted by atomic mass is 10.1. The molecule has 1 aromatic carbocycles. The molecule has 0 saturated carbocycles. The first kappa shape index (κ1) is 22.5. The molecule has 3 aromatic rings. The summed E-state index contributed by atoms with van der Waals surface area (Å²) in [5.74, 6) is 0.990. The summed E-state index contributed by atoms with van der Waals surface area (Å²) in [6, 6.07) is 6.32. The van der Waals surface area contributed by atoms with Crippen molar-refractivity contribution < 1.29 is 14.3 Å². The van der Waals surface area contributed by atoms with Crippen LogP contribution in [0.25, 0.3) is 11.0 Å². The maximum absolute atomic E-state index is 12.4. The second-order valence-electron chi connectivity index (χ2n) is 6.64. The lowest BCUT2D eigenvalue weighted by Gasteiger charge is -2.09. The van der Waals surface area contributed by atoms with Gasteiger partial charge < -0.3 is 15.4 Å². The van der Waals surface area contributed by atoms with Gasteiger partial charge in [0, 0.05) is 18.7 Å². The Balaban J connectivity index is 1.68. The number of rotatable bonds is 10. The Morgan fingerprint density at radius 1 is 1.10 bits per heavy atom. The van der Waals surface area contributed by atoms with Crippen LogP contribution in [0.4, 0.5) is 5.82 Å². The van der Waals surface area contributed by atoms with Crippen molar-refractivity contribution in [2.75, 3.05) is 31.3 Å². The molecule has 31 heavy (non-hydrogen) atoms. The highest BCUT2D eigenvalue weighted by molar-refractivity contribution is 7.99. The number of esters is 1. The van der Waals surface area contributed by atoms with E-state index in [1.165, 1.54) is 7.11 Å². The quantitative estimate of drug-likeness (QED) is 0.280. The van der Waals surface area contributed by atoms with E-state index in [1.54, 1.807) is 46.9 Å². The summed E-state index contributed by atoms with van der Waals surface area (Å²) in [6.07, 6.45) is 2.74. The SMILES string of the molecule is CCCNc1nc(SCC)nc2c1cnn2CCNC(=O)c1ccc(C(=O)OC)cc1. The number of nitrogens with zero attached hydrogens (tertiary/aromatic N) is 4. The molecule has 0 aliphatic carbocycles. The molecule has 2 heterocycles. The minimum atomic E-state index is -0.437. The van der Waals surface area contributed by atoms with Crippen molar-refractivity contribution in [3.05, 3.63) is 41.6 Å². The molecule has 9 nitrogen and oxygen atoms in total. The highest BCUT2D eigenvalue weighted by Crippen LogP contribution is 2.24. The summed E-state index contributed by atoms with van der Waals surface area (Å²) in [6.45, 7) is 5.82. The van der Waals surface area contributed by atoms with Crippen LogP contribution in [0.2, 0.25) is 0 Å². The molecule has 1 amide bonds. The molecular weight excluding hydrogens is 416 g/mol. The number of fused-ring (bicyclic) bond motifs is 1. The van der Waals surface area contributed by atoms with E-state index in [1.807, 2.05) is 0 Å². The van der Waals surface area contributed by atoms with Crippen molar-refractivity contribution in [1.29, 1.82) is 0 Å². The molecule has 0 aliphatic rings. The summed E-state index contributed by atoms with van der Waals surface area (Å²) in [5, 5.41) is 12.2. The maximum atomic E-state index is 12.4. The minimum absolute atomic E-state index is 0.227. The van der Waals surface area contributed by atoms with Gasteiger partial charge in [0.2, 0.25) is 0 Å². The van der Waals surface area contributed by atoms with Gasteiger partial charge in [0.05, 0.1) is 30.8 Å². The third-order valence-corrected chi connectivity index (χ3v) is 5.20. The van der Waals surface area contributed by atoms with E-state index >= 15 is 0 Å². The van der Waals surface area contributed by atoms with Crippen molar-refractivity contribution >= 4 is 40.5 Å². The lowest BCUT2D eigenvalue weighted by Crippen LogP contribution is -2.27. The van der Waals surface area contributed by atoms with E-state index in [0.717, 1.165) is 35.6 Å². The van der Waals surface area contributed by atoms with Gasteiger partial charge in [-0.05, 0) is 36.4 Å². The summed E-state index contributed by atoms with van der Waals surface area (Å²) in [7, 11) is 1.32. The fraction of sp³-hybridized carbons (Fsp3) is 0.381. The molecule has 164 valence electrons. The molecule has 2 N–H and O–H groups in total. The average molecular weight is 443 g/mol. The third-order valence-electron chi connectivity index (χ3n) is 4.47. The van der Waals surface area contributed by atoms with Crippen molar-refractivity contribution in [1.82, 2.24) is 25.1 Å². The topological polar surface area (TPSA) is 111 Å². The lowest BCUT2D eigenvalue weighted by molar-refractivity contribution is 0.0600. The Kier molecular flexibility index (Phi) is 7.82. The van der Waals surface area contributed by atoms with Crippen LogP contribution < -0.4 is 10.6 Å². The van der Waals surface area contributed by atoms with Crippen LogP contribution in [0.3, 0.4) is 0 Å². The first-order valence-electron chi connectivity index (χ1n) is 10.1. The number of hydrogen-bond acceptors (Lipinski definition) is 8. The summed E-state index contributed by atoms with van der Waals surface area (Å²) in [4.78, 5) is 33.1. The van der Waals surface area contributed by atoms with Crippen molar-refractivity contribution in [3.63, 3.8) is 0 Å². The van der Waals surface area contributed by atoms with E-state index in [-0.39, 0.29) is 5.91 Å². The van der Waals surface area contributed by atoms with Gasteiger partial charge >= 0.3 is 5.97 Å². The molecule has 0 aliphatic heterocycles. The number of anilines is 1. The Bertz CT molecular complexity index is 1050. The Morgan fingerprint density at radius 3 is 2.52 bits per heavy atom. The normalized spacial score (nSPS) is 10.8. The van der Waals surface area contributed by atoms with Crippen molar-refractivity contribution in [2.24, 2.45) is 0 Å². The van der Waals surface area contributed by atoms with Crippen LogP contribution >= 0.6 is 11.8 Å². The number of aromatic nitrogens is 4. The largest absolute Gasteiger partial charge is 0.465 e. The van der Waals surface area contributed by atoms with Gasteiger partial charge in [0.15, 0.2) is 10.8 Å². The minimum Gasteiger partial charge on any atom is -0.465 e. The van der Waals surface area contributed by atoms with Gasteiger partial charge in [-0.3, -0.25) is 4.79 Å². The van der Waals surface area contributed by atoms with E-state index in [0.29, 0.717) is 29.4 Å². The van der Waals surface area contributed by atoms with Crippen LogP contribution in [-0.2, 0) is 11.3 Å². The Labute approximate surface area is 185 Å². The average Bonchev–Trinajstić information content (AvgIpc) is 3.20. The Morgan fingerprint density at radius 2 is 1.84 bits per heavy atom. The number of carbonyl (C=O) groups is 2. The number of carbonyl (C=O) groups excluding carboxylic acids is 2. The fourth-order valence-corrected chi connectivity index (χ4v) is 3.49. The zero-order valence-corrected chi connectivity index (χ0v) is 18.7. The van der Waals surface area contributed by atoms with Gasteiger partial charge in [-0.25, -0.2) is 19.4 Å². The zero-order chi connectivity index (χ0) is 22.2. The summed E-state index contributed by atoms with van der Waals surface area (Å²) in [5.41, 5.74) is 1.60. The van der Waals surface area contributed by atoms with Crippen LogP contribution in [0, 0.1) is 0 Å². The predicted molar refractivity (Wildman–Crippen MR) is 121 cm³/mol. The standard InChI is InChI=1S/C21H26N6O3S/c1-4-10-22-17-16-13-24-27(18(16)26-21(25-17)31-5-2)12-11-23-19(28)14-6-8-15(9-7-14)20(29)30-3/h6-9,13H,4-5,10-12H2,1-3H3,(H,23,28)(H,22,25,26). The van der Waals surface area contributed by atoms with Crippen molar-refractivity contribution in [2.45, 2.75) is 32.0 Å². The van der Waals surface area contributed by atoms with Crippen LogP contribution in [0.1, 0.15) is 41.0 Å². The number of amides is 1. The first-order valence-corrected chi connectivity index (χ1v) is 11.1. The molecule has 0 spiro atoms. The monoisotopic (exact) mass is 442 g/mol. The van der Waals surface area contributed by atoms with Gasteiger partial charge in [-0.1, -0.05) is 25.6 Å². The van der Waals surface area contributed by atoms with E-state index in [2.05, 4.69) is 44.3 Å². The molecule has 0 bridgehead atoms. The molecule has 0 unspecified atom stereocenters. The number of ether oxygens (including phenoxy) is 1. The van der Waals surface area contributed by atoms with E-state index < -0.39 is 5.97 Å². The molecule has 0 fully saturated rings. The molecule has 0 atom stereocenters. The zero-order valence-electron chi connectivity index (χ0n) is 17.8. The highest BCUT2D eigenvalue weighted by Gasteiger charge is 2.14. The number of thioether (sulfide) groups is 1.